The second-order valence-electron chi connectivity index (χ2n) is 5.49. The first-order valence-electron chi connectivity index (χ1n) is 7.78. The molecule has 1 saturated heterocycles. The monoisotopic (exact) mass is 399 g/mol. The molecule has 0 bridgehead atoms. The maximum Gasteiger partial charge on any atom is 0.343 e. The van der Waals surface area contributed by atoms with Gasteiger partial charge in [0.2, 0.25) is 0 Å². The number of carboxylic acids is 1. The smallest absolute Gasteiger partial charge is 0.343 e. The molecule has 2 aromatic carbocycles. The van der Waals surface area contributed by atoms with Crippen LogP contribution >= 0.6 is 24.0 Å². The van der Waals surface area contributed by atoms with E-state index in [0.717, 1.165) is 16.7 Å². The highest BCUT2D eigenvalue weighted by molar-refractivity contribution is 8.26. The lowest BCUT2D eigenvalue weighted by Crippen LogP contribution is -2.33. The van der Waals surface area contributed by atoms with Crippen LogP contribution in [0.5, 0.6) is 5.75 Å². The summed E-state index contributed by atoms with van der Waals surface area (Å²) in [6.07, 6.45) is 1.62. The number of carbonyl (C=O) groups is 3. The zero-order chi connectivity index (χ0) is 19.4. The molecule has 0 unspecified atom stereocenters. The van der Waals surface area contributed by atoms with Crippen molar-refractivity contribution < 1.29 is 24.2 Å². The molecular formula is C19H13NO5S2. The topological polar surface area (TPSA) is 83.9 Å². The number of benzene rings is 2. The van der Waals surface area contributed by atoms with Crippen molar-refractivity contribution in [3.8, 4) is 5.75 Å². The maximum atomic E-state index is 12.2. The minimum absolute atomic E-state index is 0.210. The number of rotatable bonds is 5. The Morgan fingerprint density at radius 1 is 1.11 bits per heavy atom. The van der Waals surface area contributed by atoms with Crippen LogP contribution < -0.4 is 4.74 Å². The summed E-state index contributed by atoms with van der Waals surface area (Å²) in [6, 6.07) is 15.3. The third-order valence-corrected chi connectivity index (χ3v) is 4.94. The summed E-state index contributed by atoms with van der Waals surface area (Å²) < 4.78 is 5.51. The van der Waals surface area contributed by atoms with E-state index in [4.69, 9.17) is 22.1 Å². The average molecular weight is 399 g/mol. The lowest BCUT2D eigenvalue weighted by atomic mass is 10.2. The summed E-state index contributed by atoms with van der Waals surface area (Å²) in [4.78, 5) is 36.5. The Bertz CT molecular complexity index is 938. The van der Waals surface area contributed by atoms with E-state index < -0.39 is 24.4 Å². The highest BCUT2D eigenvalue weighted by Crippen LogP contribution is 2.32. The molecule has 0 saturated carbocycles. The van der Waals surface area contributed by atoms with Crippen LogP contribution in [-0.2, 0) is 9.59 Å². The van der Waals surface area contributed by atoms with Gasteiger partial charge in [0, 0.05) is 0 Å². The number of esters is 1. The molecule has 2 aromatic rings. The molecular weight excluding hydrogens is 386 g/mol. The van der Waals surface area contributed by atoms with Gasteiger partial charge in [-0.15, -0.1) is 0 Å². The van der Waals surface area contributed by atoms with Crippen LogP contribution in [0.15, 0.2) is 59.5 Å². The predicted molar refractivity (Wildman–Crippen MR) is 105 cm³/mol. The fraction of sp³-hybridized carbons (Fsp3) is 0.0526. The van der Waals surface area contributed by atoms with E-state index in [9.17, 15) is 14.4 Å². The van der Waals surface area contributed by atoms with Crippen LogP contribution in [0.25, 0.3) is 6.08 Å². The van der Waals surface area contributed by atoms with Gasteiger partial charge < -0.3 is 9.84 Å². The summed E-state index contributed by atoms with van der Waals surface area (Å²) >= 11 is 6.10. The number of thioether (sulfide) groups is 1. The van der Waals surface area contributed by atoms with Gasteiger partial charge in [0.25, 0.3) is 5.91 Å². The zero-order valence-electron chi connectivity index (χ0n) is 13.8. The molecule has 136 valence electrons. The molecule has 1 aliphatic heterocycles. The van der Waals surface area contributed by atoms with Gasteiger partial charge in [0.1, 0.15) is 16.6 Å². The number of carboxylic acid groups (broad SMARTS) is 1. The van der Waals surface area contributed by atoms with E-state index in [0.29, 0.717) is 21.8 Å². The third-order valence-electron chi connectivity index (χ3n) is 3.56. The SMILES string of the molecule is O=C(O)CN1C(=O)/C(=C\c2ccc(OC(=O)c3ccccc3)cc2)SC1=S. The number of ether oxygens (including phenoxy) is 1. The van der Waals surface area contributed by atoms with E-state index in [1.807, 2.05) is 6.07 Å². The van der Waals surface area contributed by atoms with Crippen LogP contribution in [-0.4, -0.2) is 38.7 Å². The molecule has 1 heterocycles. The van der Waals surface area contributed by atoms with Crippen molar-refractivity contribution in [1.29, 1.82) is 0 Å². The Hall–Kier alpha value is -2.97. The predicted octanol–water partition coefficient (Wildman–Crippen LogP) is 3.19. The average Bonchev–Trinajstić information content (AvgIpc) is 2.91. The number of hydrogen-bond donors (Lipinski definition) is 1. The Labute approximate surface area is 164 Å². The third kappa shape index (κ3) is 4.60. The minimum Gasteiger partial charge on any atom is -0.480 e. The summed E-state index contributed by atoms with van der Waals surface area (Å²) in [5, 5.41) is 8.85. The van der Waals surface area contributed by atoms with E-state index in [1.165, 1.54) is 0 Å². The van der Waals surface area contributed by atoms with Crippen molar-refractivity contribution in [2.24, 2.45) is 0 Å². The Kier molecular flexibility index (Phi) is 5.68. The number of carbonyl (C=O) groups excluding carboxylic acids is 2. The molecule has 1 fully saturated rings. The fourth-order valence-electron chi connectivity index (χ4n) is 2.30. The van der Waals surface area contributed by atoms with Crippen LogP contribution in [0.4, 0.5) is 0 Å². The number of thiocarbonyl (C=S) groups is 1. The first kappa shape index (κ1) is 18.8. The van der Waals surface area contributed by atoms with Crippen molar-refractivity contribution in [1.82, 2.24) is 4.90 Å². The van der Waals surface area contributed by atoms with Crippen LogP contribution in [0.2, 0.25) is 0 Å². The first-order valence-corrected chi connectivity index (χ1v) is 9.01. The van der Waals surface area contributed by atoms with E-state index in [1.54, 1.807) is 54.6 Å². The van der Waals surface area contributed by atoms with Gasteiger partial charge in [-0.1, -0.05) is 54.3 Å². The lowest BCUT2D eigenvalue weighted by Gasteiger charge is -2.10. The van der Waals surface area contributed by atoms with Crippen molar-refractivity contribution in [2.45, 2.75) is 0 Å². The standard InChI is InChI=1S/C19H13NO5S2/c21-16(22)11-20-17(23)15(27-19(20)26)10-12-6-8-14(9-7-12)25-18(24)13-4-2-1-3-5-13/h1-10H,11H2,(H,21,22)/b15-10+. The molecule has 1 amide bonds. The number of hydrogen-bond acceptors (Lipinski definition) is 6. The summed E-state index contributed by atoms with van der Waals surface area (Å²) in [5.41, 5.74) is 1.15. The zero-order valence-corrected chi connectivity index (χ0v) is 15.5. The second kappa shape index (κ2) is 8.15. The number of amides is 1. The lowest BCUT2D eigenvalue weighted by molar-refractivity contribution is -0.140. The molecule has 0 spiro atoms. The van der Waals surface area contributed by atoms with Crippen molar-refractivity contribution in [3.63, 3.8) is 0 Å². The summed E-state index contributed by atoms with van der Waals surface area (Å²) in [6.45, 7) is -0.462. The Balaban J connectivity index is 1.70. The van der Waals surface area contributed by atoms with Gasteiger partial charge in [0.15, 0.2) is 0 Å². The molecule has 27 heavy (non-hydrogen) atoms. The summed E-state index contributed by atoms with van der Waals surface area (Å²) in [5.74, 6) is -1.65. The second-order valence-corrected chi connectivity index (χ2v) is 7.16. The van der Waals surface area contributed by atoms with Gasteiger partial charge in [0.05, 0.1) is 10.5 Å². The first-order chi connectivity index (χ1) is 12.9. The molecule has 1 N–H and O–H groups in total. The van der Waals surface area contributed by atoms with Crippen molar-refractivity contribution in [2.75, 3.05) is 6.54 Å². The molecule has 0 aliphatic carbocycles. The molecule has 0 aromatic heterocycles. The maximum absolute atomic E-state index is 12.2. The molecule has 1 aliphatic rings. The Morgan fingerprint density at radius 3 is 2.41 bits per heavy atom. The van der Waals surface area contributed by atoms with Gasteiger partial charge in [-0.25, -0.2) is 4.79 Å². The highest BCUT2D eigenvalue weighted by atomic mass is 32.2. The van der Waals surface area contributed by atoms with Crippen LogP contribution in [0.3, 0.4) is 0 Å². The number of aliphatic carboxylic acids is 1. The van der Waals surface area contributed by atoms with Gasteiger partial charge in [-0.05, 0) is 35.9 Å². The quantitative estimate of drug-likeness (QED) is 0.358. The fourth-order valence-corrected chi connectivity index (χ4v) is 3.55. The number of nitrogens with zero attached hydrogens (tertiary/aromatic N) is 1. The molecule has 0 radical (unpaired) electrons. The normalized spacial score (nSPS) is 15.3. The van der Waals surface area contributed by atoms with Gasteiger partial charge in [-0.2, -0.15) is 0 Å². The van der Waals surface area contributed by atoms with Crippen molar-refractivity contribution in [3.05, 3.63) is 70.6 Å². The molecule has 8 heteroatoms. The highest BCUT2D eigenvalue weighted by Gasteiger charge is 2.33. The van der Waals surface area contributed by atoms with Crippen LogP contribution in [0, 0.1) is 0 Å². The van der Waals surface area contributed by atoms with E-state index in [2.05, 4.69) is 0 Å². The molecule has 3 rings (SSSR count). The summed E-state index contributed by atoms with van der Waals surface area (Å²) in [7, 11) is 0. The molecule has 6 nitrogen and oxygen atoms in total. The van der Waals surface area contributed by atoms with Gasteiger partial charge >= 0.3 is 11.9 Å². The van der Waals surface area contributed by atoms with Crippen LogP contribution in [0.1, 0.15) is 15.9 Å². The van der Waals surface area contributed by atoms with E-state index in [-0.39, 0.29) is 4.32 Å². The molecule has 0 atom stereocenters. The van der Waals surface area contributed by atoms with Gasteiger partial charge in [-0.3, -0.25) is 14.5 Å². The largest absolute Gasteiger partial charge is 0.480 e. The van der Waals surface area contributed by atoms with Crippen molar-refractivity contribution >= 4 is 52.2 Å². The van der Waals surface area contributed by atoms with E-state index >= 15 is 0 Å². The minimum atomic E-state index is -1.13. The Morgan fingerprint density at radius 2 is 1.78 bits per heavy atom.